The lowest BCUT2D eigenvalue weighted by molar-refractivity contribution is -0.137. The van der Waals surface area contributed by atoms with Crippen molar-refractivity contribution >= 4 is 17.6 Å². The minimum absolute atomic E-state index is 0.157. The molecule has 0 bridgehead atoms. The molecule has 2 aromatic carbocycles. The number of hydrogen-bond acceptors (Lipinski definition) is 3. The Labute approximate surface area is 170 Å². The number of hydrogen-bond donors (Lipinski definition) is 2. The molecule has 0 unspecified atom stereocenters. The van der Waals surface area contributed by atoms with E-state index in [0.29, 0.717) is 17.8 Å². The molecule has 3 aromatic rings. The van der Waals surface area contributed by atoms with Crippen molar-refractivity contribution in [2.45, 2.75) is 26.6 Å². The fourth-order valence-corrected chi connectivity index (χ4v) is 2.79. The molecule has 0 atom stereocenters. The average Bonchev–Trinajstić information content (AvgIpc) is 3.06. The second-order valence-corrected chi connectivity index (χ2v) is 6.69. The number of nitrogens with zero attached hydrogens (tertiary/aromatic N) is 2. The Kier molecular flexibility index (Phi) is 5.91. The SMILES string of the molecule is CC(=O)NCc1ccc(C(=O)Nc2cc(C)nn2-c2cccc(C(F)(F)F)c2)cc1. The number of nitrogens with one attached hydrogen (secondary N) is 2. The van der Waals surface area contributed by atoms with Crippen molar-refractivity contribution in [1.29, 1.82) is 0 Å². The molecule has 6 nitrogen and oxygen atoms in total. The monoisotopic (exact) mass is 416 g/mol. The number of halogens is 3. The number of benzene rings is 2. The largest absolute Gasteiger partial charge is 0.416 e. The molecule has 2 amide bonds. The van der Waals surface area contributed by atoms with Crippen molar-refractivity contribution in [3.05, 3.63) is 77.0 Å². The van der Waals surface area contributed by atoms with Crippen LogP contribution in [0.1, 0.15) is 34.1 Å². The van der Waals surface area contributed by atoms with E-state index in [-0.39, 0.29) is 17.4 Å². The van der Waals surface area contributed by atoms with Crippen LogP contribution in [0.2, 0.25) is 0 Å². The van der Waals surface area contributed by atoms with E-state index in [0.717, 1.165) is 17.7 Å². The number of aryl methyl sites for hydroxylation is 1. The van der Waals surface area contributed by atoms with Crippen LogP contribution in [0.3, 0.4) is 0 Å². The Balaban J connectivity index is 1.81. The van der Waals surface area contributed by atoms with Crippen molar-refractivity contribution in [3.63, 3.8) is 0 Å². The van der Waals surface area contributed by atoms with E-state index < -0.39 is 17.6 Å². The third-order valence-electron chi connectivity index (χ3n) is 4.25. The molecule has 0 spiro atoms. The summed E-state index contributed by atoms with van der Waals surface area (Å²) in [6, 6.07) is 12.9. The second kappa shape index (κ2) is 8.40. The van der Waals surface area contributed by atoms with Gasteiger partial charge in [0.25, 0.3) is 5.91 Å². The van der Waals surface area contributed by atoms with Crippen LogP contribution in [-0.4, -0.2) is 21.6 Å². The van der Waals surface area contributed by atoms with E-state index in [1.807, 2.05) is 0 Å². The summed E-state index contributed by atoms with van der Waals surface area (Å²) >= 11 is 0. The molecule has 0 fully saturated rings. The highest BCUT2D eigenvalue weighted by Gasteiger charge is 2.30. The zero-order valence-corrected chi connectivity index (χ0v) is 16.2. The Bertz CT molecular complexity index is 1070. The molecule has 9 heteroatoms. The zero-order chi connectivity index (χ0) is 21.9. The standard InChI is InChI=1S/C21H19F3N4O2/c1-13-10-19(28(27-13)18-5-3-4-17(11-18)21(22,23)24)26-20(30)16-8-6-15(7-9-16)12-25-14(2)29/h3-11H,12H2,1-2H3,(H,25,29)(H,26,30). The van der Waals surface area contributed by atoms with Crippen LogP contribution in [0.15, 0.2) is 54.6 Å². The maximum absolute atomic E-state index is 13.0. The van der Waals surface area contributed by atoms with Gasteiger partial charge in [0.15, 0.2) is 0 Å². The van der Waals surface area contributed by atoms with Crippen molar-refractivity contribution in [2.24, 2.45) is 0 Å². The van der Waals surface area contributed by atoms with Gasteiger partial charge in [-0.3, -0.25) is 9.59 Å². The summed E-state index contributed by atoms with van der Waals surface area (Å²) in [5.74, 6) is -0.344. The lowest BCUT2D eigenvalue weighted by atomic mass is 10.1. The van der Waals surface area contributed by atoms with E-state index in [4.69, 9.17) is 0 Å². The van der Waals surface area contributed by atoms with Gasteiger partial charge in [0.05, 0.1) is 16.9 Å². The lowest BCUT2D eigenvalue weighted by Crippen LogP contribution is -2.19. The number of aromatic nitrogens is 2. The van der Waals surface area contributed by atoms with E-state index in [1.165, 1.54) is 23.7 Å². The average molecular weight is 416 g/mol. The maximum atomic E-state index is 13.0. The molecule has 0 saturated carbocycles. The maximum Gasteiger partial charge on any atom is 0.416 e. The Hall–Kier alpha value is -3.62. The van der Waals surface area contributed by atoms with E-state index in [2.05, 4.69) is 15.7 Å². The molecular formula is C21H19F3N4O2. The first-order chi connectivity index (χ1) is 14.1. The first-order valence-corrected chi connectivity index (χ1v) is 9.02. The minimum Gasteiger partial charge on any atom is -0.352 e. The van der Waals surface area contributed by atoms with Crippen molar-refractivity contribution in [2.75, 3.05) is 5.32 Å². The highest BCUT2D eigenvalue weighted by Crippen LogP contribution is 2.31. The van der Waals surface area contributed by atoms with Crippen LogP contribution in [0, 0.1) is 6.92 Å². The van der Waals surface area contributed by atoms with Gasteiger partial charge in [0.2, 0.25) is 5.91 Å². The number of rotatable bonds is 5. The Morgan fingerprint density at radius 1 is 1.07 bits per heavy atom. The predicted octanol–water partition coefficient (Wildman–Crippen LogP) is 4.09. The number of anilines is 1. The summed E-state index contributed by atoms with van der Waals surface area (Å²) in [5.41, 5.74) is 1.09. The molecule has 3 rings (SSSR count). The third kappa shape index (κ3) is 5.05. The molecule has 1 aromatic heterocycles. The summed E-state index contributed by atoms with van der Waals surface area (Å²) < 4.78 is 40.3. The molecule has 2 N–H and O–H groups in total. The molecule has 0 aliphatic heterocycles. The first kappa shape index (κ1) is 21.1. The number of carbonyl (C=O) groups is 2. The van der Waals surface area contributed by atoms with E-state index >= 15 is 0 Å². The lowest BCUT2D eigenvalue weighted by Gasteiger charge is -2.12. The fraction of sp³-hybridized carbons (Fsp3) is 0.190. The molecule has 1 heterocycles. The van der Waals surface area contributed by atoms with Crippen LogP contribution >= 0.6 is 0 Å². The first-order valence-electron chi connectivity index (χ1n) is 9.02. The Morgan fingerprint density at radius 3 is 2.40 bits per heavy atom. The highest BCUT2D eigenvalue weighted by molar-refractivity contribution is 6.04. The van der Waals surface area contributed by atoms with Gasteiger partial charge in [-0.1, -0.05) is 18.2 Å². The molecular weight excluding hydrogens is 397 g/mol. The smallest absolute Gasteiger partial charge is 0.352 e. The normalized spacial score (nSPS) is 11.2. The van der Waals surface area contributed by atoms with Gasteiger partial charge in [-0.05, 0) is 42.8 Å². The number of alkyl halides is 3. The van der Waals surface area contributed by atoms with Gasteiger partial charge in [0.1, 0.15) is 5.82 Å². The van der Waals surface area contributed by atoms with Gasteiger partial charge in [-0.2, -0.15) is 18.3 Å². The summed E-state index contributed by atoms with van der Waals surface area (Å²) in [7, 11) is 0. The van der Waals surface area contributed by atoms with Crippen molar-refractivity contribution in [1.82, 2.24) is 15.1 Å². The van der Waals surface area contributed by atoms with Gasteiger partial charge in [-0.15, -0.1) is 0 Å². The predicted molar refractivity (Wildman–Crippen MR) is 105 cm³/mol. The van der Waals surface area contributed by atoms with Crippen LogP contribution in [0.25, 0.3) is 5.69 Å². The topological polar surface area (TPSA) is 76.0 Å². The van der Waals surface area contributed by atoms with Crippen LogP contribution in [0.4, 0.5) is 19.0 Å². The quantitative estimate of drug-likeness (QED) is 0.658. The second-order valence-electron chi connectivity index (χ2n) is 6.69. The molecule has 0 saturated heterocycles. The van der Waals surface area contributed by atoms with E-state index in [9.17, 15) is 22.8 Å². The van der Waals surface area contributed by atoms with Crippen LogP contribution < -0.4 is 10.6 Å². The third-order valence-corrected chi connectivity index (χ3v) is 4.25. The van der Waals surface area contributed by atoms with E-state index in [1.54, 1.807) is 37.3 Å². The number of amides is 2. The van der Waals surface area contributed by atoms with Crippen LogP contribution in [-0.2, 0) is 17.5 Å². The van der Waals surface area contributed by atoms with Gasteiger partial charge < -0.3 is 10.6 Å². The highest BCUT2D eigenvalue weighted by atomic mass is 19.4. The van der Waals surface area contributed by atoms with Crippen molar-refractivity contribution < 1.29 is 22.8 Å². The Morgan fingerprint density at radius 2 is 1.77 bits per heavy atom. The van der Waals surface area contributed by atoms with Crippen LogP contribution in [0.5, 0.6) is 0 Å². The molecule has 156 valence electrons. The minimum atomic E-state index is -4.49. The molecule has 30 heavy (non-hydrogen) atoms. The van der Waals surface area contributed by atoms with Gasteiger partial charge in [-0.25, -0.2) is 4.68 Å². The summed E-state index contributed by atoms with van der Waals surface area (Å²) in [5, 5.41) is 9.55. The summed E-state index contributed by atoms with van der Waals surface area (Å²) in [4.78, 5) is 23.6. The molecule has 0 aliphatic carbocycles. The number of carbonyl (C=O) groups excluding carboxylic acids is 2. The fourth-order valence-electron chi connectivity index (χ4n) is 2.79. The van der Waals surface area contributed by atoms with Crippen molar-refractivity contribution in [3.8, 4) is 5.69 Å². The summed E-state index contributed by atoms with van der Waals surface area (Å²) in [6.07, 6.45) is -4.49. The molecule has 0 radical (unpaired) electrons. The zero-order valence-electron chi connectivity index (χ0n) is 16.2. The van der Waals surface area contributed by atoms with Gasteiger partial charge >= 0.3 is 6.18 Å². The summed E-state index contributed by atoms with van der Waals surface area (Å²) in [6.45, 7) is 3.44. The van der Waals surface area contributed by atoms with Gasteiger partial charge in [0, 0.05) is 25.1 Å². The molecule has 0 aliphatic rings.